The lowest BCUT2D eigenvalue weighted by Gasteiger charge is -2.15. The van der Waals surface area contributed by atoms with Gasteiger partial charge in [0.1, 0.15) is 5.82 Å². The first-order chi connectivity index (χ1) is 10.2. The number of hydrogen-bond donors (Lipinski definition) is 2. The normalized spacial score (nSPS) is 11.9. The molecule has 2 heterocycles. The lowest BCUT2D eigenvalue weighted by molar-refractivity contribution is 0.249. The summed E-state index contributed by atoms with van der Waals surface area (Å²) in [5, 5.41) is 9.94. The zero-order valence-electron chi connectivity index (χ0n) is 12.4. The summed E-state index contributed by atoms with van der Waals surface area (Å²) in [6.45, 7) is 4.86. The molecule has 21 heavy (non-hydrogen) atoms. The van der Waals surface area contributed by atoms with Crippen LogP contribution in [0.3, 0.4) is 0 Å². The molecule has 0 radical (unpaired) electrons. The summed E-state index contributed by atoms with van der Waals surface area (Å²) in [6.07, 6.45) is 7.24. The zero-order chi connectivity index (χ0) is 15.1. The molecule has 0 bridgehead atoms. The smallest absolute Gasteiger partial charge is 0.320 e. The number of urea groups is 1. The Morgan fingerprint density at radius 1 is 1.29 bits per heavy atom. The van der Waals surface area contributed by atoms with E-state index in [9.17, 15) is 4.79 Å². The molecular formula is C15H21N5O. The van der Waals surface area contributed by atoms with Gasteiger partial charge in [-0.1, -0.05) is 13.3 Å². The Morgan fingerprint density at radius 3 is 2.76 bits per heavy atom. The number of carbonyl (C=O) groups is 1. The predicted octanol–water partition coefficient (Wildman–Crippen LogP) is 2.96. The van der Waals surface area contributed by atoms with Crippen molar-refractivity contribution in [2.75, 3.05) is 5.32 Å². The van der Waals surface area contributed by atoms with Crippen LogP contribution in [0.4, 0.5) is 10.6 Å². The fourth-order valence-corrected chi connectivity index (χ4v) is 2.01. The van der Waals surface area contributed by atoms with Gasteiger partial charge in [0.2, 0.25) is 0 Å². The maximum atomic E-state index is 12.0. The standard InChI is InChI=1S/C15H21N5O/c1-3-4-11-20-14(7-10-17-20)19-15(21)18-12(2)13-5-8-16-9-6-13/h5-10,12H,3-4,11H2,1-2H3,(H2,18,19,21). The van der Waals surface area contributed by atoms with Crippen LogP contribution in [0.15, 0.2) is 36.8 Å². The third kappa shape index (κ3) is 4.30. The van der Waals surface area contributed by atoms with Gasteiger partial charge < -0.3 is 5.32 Å². The number of nitrogens with one attached hydrogen (secondary N) is 2. The molecule has 112 valence electrons. The van der Waals surface area contributed by atoms with Crippen molar-refractivity contribution >= 4 is 11.8 Å². The lowest BCUT2D eigenvalue weighted by Crippen LogP contribution is -2.32. The fourth-order valence-electron chi connectivity index (χ4n) is 2.01. The molecule has 6 nitrogen and oxygen atoms in total. The number of carbonyl (C=O) groups excluding carboxylic acids is 1. The number of rotatable bonds is 6. The van der Waals surface area contributed by atoms with E-state index in [0.717, 1.165) is 24.9 Å². The molecule has 1 unspecified atom stereocenters. The number of anilines is 1. The van der Waals surface area contributed by atoms with Crippen LogP contribution in [0.1, 0.15) is 38.3 Å². The molecule has 0 aliphatic heterocycles. The minimum atomic E-state index is -0.238. The van der Waals surface area contributed by atoms with Gasteiger partial charge in [-0.05, 0) is 31.0 Å². The molecule has 0 fully saturated rings. The molecule has 2 amide bonds. The number of pyridine rings is 1. The van der Waals surface area contributed by atoms with Gasteiger partial charge in [0, 0.05) is 25.0 Å². The van der Waals surface area contributed by atoms with Gasteiger partial charge in [0.25, 0.3) is 0 Å². The largest absolute Gasteiger partial charge is 0.331 e. The van der Waals surface area contributed by atoms with Gasteiger partial charge in [-0.3, -0.25) is 10.3 Å². The molecule has 0 spiro atoms. The van der Waals surface area contributed by atoms with Gasteiger partial charge in [-0.15, -0.1) is 0 Å². The van der Waals surface area contributed by atoms with Crippen molar-refractivity contribution in [1.82, 2.24) is 20.1 Å². The summed E-state index contributed by atoms with van der Waals surface area (Å²) in [5.41, 5.74) is 1.01. The van der Waals surface area contributed by atoms with Crippen molar-refractivity contribution in [3.8, 4) is 0 Å². The quantitative estimate of drug-likeness (QED) is 0.858. The molecule has 2 aromatic heterocycles. The molecule has 6 heteroatoms. The van der Waals surface area contributed by atoms with E-state index in [0.29, 0.717) is 5.82 Å². The summed E-state index contributed by atoms with van der Waals surface area (Å²) < 4.78 is 1.81. The van der Waals surface area contributed by atoms with Crippen molar-refractivity contribution in [1.29, 1.82) is 0 Å². The van der Waals surface area contributed by atoms with E-state index < -0.39 is 0 Å². The van der Waals surface area contributed by atoms with Crippen LogP contribution in [0.2, 0.25) is 0 Å². The van der Waals surface area contributed by atoms with Gasteiger partial charge in [0.05, 0.1) is 12.2 Å². The highest BCUT2D eigenvalue weighted by molar-refractivity contribution is 5.88. The molecule has 2 rings (SSSR count). The predicted molar refractivity (Wildman–Crippen MR) is 81.9 cm³/mol. The van der Waals surface area contributed by atoms with Crippen molar-refractivity contribution in [2.45, 2.75) is 39.3 Å². The van der Waals surface area contributed by atoms with Crippen LogP contribution in [-0.2, 0) is 6.54 Å². The van der Waals surface area contributed by atoms with Crippen LogP contribution >= 0.6 is 0 Å². The van der Waals surface area contributed by atoms with Crippen LogP contribution in [-0.4, -0.2) is 20.8 Å². The Morgan fingerprint density at radius 2 is 2.05 bits per heavy atom. The molecule has 0 saturated heterocycles. The highest BCUT2D eigenvalue weighted by atomic mass is 16.2. The first kappa shape index (κ1) is 15.0. The highest BCUT2D eigenvalue weighted by Crippen LogP contribution is 2.12. The zero-order valence-corrected chi connectivity index (χ0v) is 12.4. The first-order valence-electron chi connectivity index (χ1n) is 7.20. The summed E-state index contributed by atoms with van der Waals surface area (Å²) >= 11 is 0. The van der Waals surface area contributed by atoms with E-state index in [-0.39, 0.29) is 12.1 Å². The third-order valence-corrected chi connectivity index (χ3v) is 3.24. The Hall–Kier alpha value is -2.37. The maximum Gasteiger partial charge on any atom is 0.320 e. The first-order valence-corrected chi connectivity index (χ1v) is 7.20. The van der Waals surface area contributed by atoms with Gasteiger partial charge in [-0.2, -0.15) is 5.10 Å². The molecular weight excluding hydrogens is 266 g/mol. The van der Waals surface area contributed by atoms with E-state index >= 15 is 0 Å². The molecule has 2 N–H and O–H groups in total. The lowest BCUT2D eigenvalue weighted by atomic mass is 10.1. The molecule has 0 aromatic carbocycles. The second-order valence-corrected chi connectivity index (χ2v) is 4.89. The van der Waals surface area contributed by atoms with E-state index in [1.165, 1.54) is 0 Å². The van der Waals surface area contributed by atoms with Crippen molar-refractivity contribution < 1.29 is 4.79 Å². The van der Waals surface area contributed by atoms with Crippen molar-refractivity contribution in [3.63, 3.8) is 0 Å². The van der Waals surface area contributed by atoms with Crippen molar-refractivity contribution in [2.24, 2.45) is 0 Å². The summed E-state index contributed by atoms with van der Waals surface area (Å²) in [7, 11) is 0. The average Bonchev–Trinajstić information content (AvgIpc) is 2.93. The SMILES string of the molecule is CCCCn1nccc1NC(=O)NC(C)c1ccncc1. The minimum Gasteiger partial charge on any atom is -0.331 e. The number of nitrogens with zero attached hydrogens (tertiary/aromatic N) is 3. The number of unbranched alkanes of at least 4 members (excludes halogenated alkanes) is 1. The summed E-state index contributed by atoms with van der Waals surface area (Å²) in [6, 6.07) is 5.25. The van der Waals surface area contributed by atoms with Gasteiger partial charge in [-0.25, -0.2) is 9.48 Å². The maximum absolute atomic E-state index is 12.0. The number of amides is 2. The Bertz CT molecular complexity index is 566. The van der Waals surface area contributed by atoms with Gasteiger partial charge >= 0.3 is 6.03 Å². The van der Waals surface area contributed by atoms with E-state index in [4.69, 9.17) is 0 Å². The van der Waals surface area contributed by atoms with Crippen LogP contribution in [0, 0.1) is 0 Å². The Kier molecular flexibility index (Phi) is 5.31. The molecule has 1 atom stereocenters. The molecule has 0 saturated carbocycles. The second kappa shape index (κ2) is 7.42. The topological polar surface area (TPSA) is 71.8 Å². The fraction of sp³-hybridized carbons (Fsp3) is 0.400. The van der Waals surface area contributed by atoms with Crippen molar-refractivity contribution in [3.05, 3.63) is 42.4 Å². The number of aryl methyl sites for hydroxylation is 1. The molecule has 0 aliphatic rings. The van der Waals surface area contributed by atoms with E-state index in [1.807, 2.05) is 19.1 Å². The van der Waals surface area contributed by atoms with Gasteiger partial charge in [0.15, 0.2) is 0 Å². The van der Waals surface area contributed by atoms with E-state index in [1.54, 1.807) is 29.3 Å². The van der Waals surface area contributed by atoms with Crippen LogP contribution < -0.4 is 10.6 Å². The second-order valence-electron chi connectivity index (χ2n) is 4.89. The summed E-state index contributed by atoms with van der Waals surface area (Å²) in [5.74, 6) is 0.711. The Labute approximate surface area is 124 Å². The third-order valence-electron chi connectivity index (χ3n) is 3.24. The Balaban J connectivity index is 1.91. The molecule has 2 aromatic rings. The molecule has 0 aliphatic carbocycles. The van der Waals surface area contributed by atoms with Crippen LogP contribution in [0.5, 0.6) is 0 Å². The minimum absolute atomic E-state index is 0.0833. The average molecular weight is 287 g/mol. The van der Waals surface area contributed by atoms with Crippen LogP contribution in [0.25, 0.3) is 0 Å². The highest BCUT2D eigenvalue weighted by Gasteiger charge is 2.11. The number of hydrogen-bond acceptors (Lipinski definition) is 3. The van der Waals surface area contributed by atoms with E-state index in [2.05, 4.69) is 27.6 Å². The number of aromatic nitrogens is 3. The summed E-state index contributed by atoms with van der Waals surface area (Å²) in [4.78, 5) is 16.0. The monoisotopic (exact) mass is 287 g/mol.